The molecular weight excluding hydrogens is 482 g/mol. The van der Waals surface area contributed by atoms with Crippen molar-refractivity contribution in [2.24, 2.45) is 0 Å². The molecule has 0 spiro atoms. The van der Waals surface area contributed by atoms with E-state index in [4.69, 9.17) is 21.1 Å². The highest BCUT2D eigenvalue weighted by Crippen LogP contribution is 2.41. The minimum absolute atomic E-state index is 0.0396. The summed E-state index contributed by atoms with van der Waals surface area (Å²) in [5, 5.41) is 26.5. The number of anilines is 4. The highest BCUT2D eigenvalue weighted by Gasteiger charge is 2.36. The van der Waals surface area contributed by atoms with Gasteiger partial charge in [-0.05, 0) is 29.8 Å². The summed E-state index contributed by atoms with van der Waals surface area (Å²) < 4.78 is 10.6. The summed E-state index contributed by atoms with van der Waals surface area (Å²) in [7, 11) is 5.03. The number of methoxy groups -OCH3 is 2. The second-order valence-electron chi connectivity index (χ2n) is 8.79. The van der Waals surface area contributed by atoms with Crippen molar-refractivity contribution in [3.05, 3.63) is 46.6 Å². The number of benzene rings is 1. The third kappa shape index (κ3) is 4.86. The van der Waals surface area contributed by atoms with Crippen molar-refractivity contribution in [2.75, 3.05) is 63.1 Å². The largest absolute Gasteiger partial charge is 0.479 e. The maximum Gasteiger partial charge on any atom is 0.239 e. The minimum atomic E-state index is -0.487. The van der Waals surface area contributed by atoms with Crippen LogP contribution in [-0.4, -0.2) is 67.6 Å². The van der Waals surface area contributed by atoms with Gasteiger partial charge in [-0.2, -0.15) is 10.2 Å². The molecule has 11 heteroatoms. The van der Waals surface area contributed by atoms with Gasteiger partial charge in [0.05, 0.1) is 42.3 Å². The number of hydrogen-bond acceptors (Lipinski definition) is 10. The van der Waals surface area contributed by atoms with Gasteiger partial charge in [-0.15, -0.1) is 0 Å². The lowest BCUT2D eigenvalue weighted by molar-refractivity contribution is 0.206. The Balaban J connectivity index is 1.67. The molecule has 3 N–H and O–H groups in total. The fourth-order valence-electron chi connectivity index (χ4n) is 4.07. The monoisotopic (exact) mass is 509 g/mol. The van der Waals surface area contributed by atoms with Gasteiger partial charge >= 0.3 is 0 Å². The Hall–Kier alpha value is -3.65. The molecular formula is C25H28ClN7O3. The minimum Gasteiger partial charge on any atom is -0.479 e. The summed E-state index contributed by atoms with van der Waals surface area (Å²) in [4.78, 5) is 15.4. The van der Waals surface area contributed by atoms with Crippen molar-refractivity contribution in [1.29, 1.82) is 5.26 Å². The molecule has 0 saturated carbocycles. The lowest BCUT2D eigenvalue weighted by atomic mass is 9.83. The van der Waals surface area contributed by atoms with E-state index >= 15 is 0 Å². The maximum atomic E-state index is 9.98. The Morgan fingerprint density at radius 1 is 1.31 bits per heavy atom. The first-order valence-electron chi connectivity index (χ1n) is 11.3. The molecule has 0 fully saturated rings. The van der Waals surface area contributed by atoms with Crippen molar-refractivity contribution in [3.63, 3.8) is 0 Å². The number of fused-ring (bicyclic) bond motifs is 1. The van der Waals surface area contributed by atoms with Gasteiger partial charge in [-0.3, -0.25) is 0 Å². The van der Waals surface area contributed by atoms with Crippen LogP contribution in [-0.2, 0) is 10.2 Å². The third-order valence-electron chi connectivity index (χ3n) is 6.22. The molecule has 0 aliphatic carbocycles. The first-order chi connectivity index (χ1) is 17.3. The number of likely N-dealkylation sites (N-methyl/N-ethyl adjacent to an activating group) is 1. The zero-order chi connectivity index (χ0) is 25.9. The fourth-order valence-corrected chi connectivity index (χ4v) is 4.37. The standard InChI is InChI=1S/C25H28ClN7O3/c1-25(14-34)13-29-21-16(12-27)9-15(10-17(21)25)19-5-6-28-24(30-19)31-20-11-18(26)22(32-23(20)36-4)33(2)7-8-35-3/h5-6,9-11,29,34H,7-8,13-14H2,1-4H3,(H,28,30,31)/t25-/m1/s1. The number of aliphatic hydroxyl groups is 1. The van der Waals surface area contributed by atoms with Gasteiger partial charge in [0, 0.05) is 44.4 Å². The van der Waals surface area contributed by atoms with E-state index in [-0.39, 0.29) is 6.61 Å². The number of ether oxygens (including phenoxy) is 2. The van der Waals surface area contributed by atoms with E-state index in [0.29, 0.717) is 59.3 Å². The van der Waals surface area contributed by atoms with Crippen LogP contribution in [0.1, 0.15) is 18.1 Å². The van der Waals surface area contributed by atoms with Crippen LogP contribution in [0, 0.1) is 11.3 Å². The number of hydrogen-bond donors (Lipinski definition) is 3. The molecule has 10 nitrogen and oxygen atoms in total. The summed E-state index contributed by atoms with van der Waals surface area (Å²) in [5.74, 6) is 1.21. The Bertz CT molecular complexity index is 1310. The lowest BCUT2D eigenvalue weighted by Crippen LogP contribution is -2.28. The van der Waals surface area contributed by atoms with Gasteiger partial charge in [-0.25, -0.2) is 9.97 Å². The van der Waals surface area contributed by atoms with Gasteiger partial charge in [0.2, 0.25) is 11.8 Å². The van der Waals surface area contributed by atoms with E-state index in [1.54, 1.807) is 31.5 Å². The Morgan fingerprint density at radius 2 is 2.11 bits per heavy atom. The summed E-state index contributed by atoms with van der Waals surface area (Å²) in [5.41, 5.74) is 3.53. The summed E-state index contributed by atoms with van der Waals surface area (Å²) >= 11 is 6.52. The van der Waals surface area contributed by atoms with Gasteiger partial charge in [0.15, 0.2) is 5.82 Å². The number of rotatable bonds is 9. The van der Waals surface area contributed by atoms with Crippen LogP contribution < -0.4 is 20.3 Å². The maximum absolute atomic E-state index is 9.98. The van der Waals surface area contributed by atoms with E-state index in [9.17, 15) is 10.4 Å². The van der Waals surface area contributed by atoms with Crippen LogP contribution in [0.25, 0.3) is 11.3 Å². The number of nitriles is 1. The molecule has 0 bridgehead atoms. The van der Waals surface area contributed by atoms with Crippen LogP contribution in [0.3, 0.4) is 0 Å². The topological polar surface area (TPSA) is 128 Å². The van der Waals surface area contributed by atoms with E-state index in [0.717, 1.165) is 16.8 Å². The summed E-state index contributed by atoms with van der Waals surface area (Å²) in [6.45, 7) is 3.62. The zero-order valence-corrected chi connectivity index (χ0v) is 21.3. The van der Waals surface area contributed by atoms with Crippen LogP contribution in [0.4, 0.5) is 23.1 Å². The van der Waals surface area contributed by atoms with E-state index in [2.05, 4.69) is 31.7 Å². The van der Waals surface area contributed by atoms with E-state index < -0.39 is 5.41 Å². The van der Waals surface area contributed by atoms with Crippen molar-refractivity contribution in [2.45, 2.75) is 12.3 Å². The molecule has 3 aromatic rings. The van der Waals surface area contributed by atoms with Crippen molar-refractivity contribution < 1.29 is 14.6 Å². The van der Waals surface area contributed by atoms with E-state index in [1.165, 1.54) is 7.11 Å². The number of nitrogens with one attached hydrogen (secondary N) is 2. The van der Waals surface area contributed by atoms with Crippen LogP contribution in [0.5, 0.6) is 5.88 Å². The quantitative estimate of drug-likeness (QED) is 0.393. The van der Waals surface area contributed by atoms with Gasteiger partial charge in [-0.1, -0.05) is 18.5 Å². The second kappa shape index (κ2) is 10.5. The number of pyridine rings is 1. The average molecular weight is 510 g/mol. The molecule has 0 radical (unpaired) electrons. The molecule has 3 heterocycles. The third-order valence-corrected chi connectivity index (χ3v) is 6.50. The molecule has 0 saturated heterocycles. The smallest absolute Gasteiger partial charge is 0.239 e. The normalized spacial score (nSPS) is 16.1. The molecule has 1 aliphatic heterocycles. The van der Waals surface area contributed by atoms with Gasteiger partial charge in [0.25, 0.3) is 0 Å². The number of aliphatic hydroxyl groups excluding tert-OH is 1. The van der Waals surface area contributed by atoms with Crippen molar-refractivity contribution in [1.82, 2.24) is 15.0 Å². The van der Waals surface area contributed by atoms with E-state index in [1.807, 2.05) is 24.9 Å². The van der Waals surface area contributed by atoms with Crippen molar-refractivity contribution >= 4 is 34.7 Å². The molecule has 2 aromatic heterocycles. The molecule has 0 amide bonds. The number of aromatic nitrogens is 3. The predicted octanol–water partition coefficient (Wildman–Crippen LogP) is 3.57. The van der Waals surface area contributed by atoms with Crippen molar-refractivity contribution in [3.8, 4) is 23.2 Å². The second-order valence-corrected chi connectivity index (χ2v) is 9.19. The van der Waals surface area contributed by atoms with Crippen LogP contribution in [0.2, 0.25) is 5.02 Å². The highest BCUT2D eigenvalue weighted by atomic mass is 35.5. The average Bonchev–Trinajstić information content (AvgIpc) is 3.24. The first-order valence-corrected chi connectivity index (χ1v) is 11.7. The molecule has 4 rings (SSSR count). The highest BCUT2D eigenvalue weighted by molar-refractivity contribution is 6.33. The predicted molar refractivity (Wildman–Crippen MR) is 139 cm³/mol. The molecule has 0 unspecified atom stereocenters. The molecule has 1 aliphatic rings. The summed E-state index contributed by atoms with van der Waals surface area (Å²) in [6, 6.07) is 9.47. The van der Waals surface area contributed by atoms with Crippen LogP contribution >= 0.6 is 11.6 Å². The van der Waals surface area contributed by atoms with Gasteiger partial charge < -0.3 is 30.1 Å². The number of halogens is 1. The lowest BCUT2D eigenvalue weighted by Gasteiger charge is -2.21. The molecule has 188 valence electrons. The Kier molecular flexibility index (Phi) is 7.45. The molecule has 1 aromatic carbocycles. The Morgan fingerprint density at radius 3 is 2.81 bits per heavy atom. The molecule has 36 heavy (non-hydrogen) atoms. The zero-order valence-electron chi connectivity index (χ0n) is 20.6. The first kappa shape index (κ1) is 25.4. The fraction of sp³-hybridized carbons (Fsp3) is 0.360. The SMILES string of the molecule is COCCN(C)c1nc(OC)c(Nc2nccc(-c3cc(C#N)c4c(c3)[C@@](C)(CO)CN4)n2)cc1Cl. The Labute approximate surface area is 214 Å². The van der Waals surface area contributed by atoms with Gasteiger partial charge in [0.1, 0.15) is 11.8 Å². The number of nitrogens with zero attached hydrogens (tertiary/aromatic N) is 5. The summed E-state index contributed by atoms with van der Waals surface area (Å²) in [6.07, 6.45) is 1.63. The van der Waals surface area contributed by atoms with Crippen LogP contribution in [0.15, 0.2) is 30.5 Å². The molecule has 1 atom stereocenters.